The van der Waals surface area contributed by atoms with Crippen LogP contribution in [0.25, 0.3) is 10.9 Å². The van der Waals surface area contributed by atoms with Crippen LogP contribution in [0.3, 0.4) is 0 Å². The van der Waals surface area contributed by atoms with Crippen molar-refractivity contribution in [2.45, 2.75) is 13.8 Å². The molecule has 0 atom stereocenters. The third kappa shape index (κ3) is 3.14. The van der Waals surface area contributed by atoms with Crippen LogP contribution in [0.5, 0.6) is 5.75 Å². The maximum absolute atomic E-state index is 11.5. The number of nitrogens with one attached hydrogen (secondary N) is 1. The molecule has 0 saturated carbocycles. The highest BCUT2D eigenvalue weighted by atomic mass is 35.5. The first kappa shape index (κ1) is 14.9. The van der Waals surface area contributed by atoms with Gasteiger partial charge in [0.2, 0.25) is 0 Å². The first-order valence-electron chi connectivity index (χ1n) is 6.17. The molecule has 20 heavy (non-hydrogen) atoms. The molecular weight excluding hydrogens is 299 g/mol. The Labute approximate surface area is 127 Å². The number of rotatable bonds is 4. The minimum absolute atomic E-state index is 0.111. The number of ether oxygens (including phenoxy) is 1. The van der Waals surface area contributed by atoms with Crippen LogP contribution in [-0.4, -0.2) is 24.0 Å². The van der Waals surface area contributed by atoms with Gasteiger partial charge in [0.05, 0.1) is 10.0 Å². The van der Waals surface area contributed by atoms with Crippen molar-refractivity contribution in [1.82, 2.24) is 10.3 Å². The first-order valence-corrected chi connectivity index (χ1v) is 6.93. The van der Waals surface area contributed by atoms with Crippen LogP contribution in [0.1, 0.15) is 12.6 Å². The Bertz CT molecular complexity index is 659. The molecule has 0 aliphatic carbocycles. The van der Waals surface area contributed by atoms with E-state index in [4.69, 9.17) is 27.9 Å². The van der Waals surface area contributed by atoms with Crippen LogP contribution in [0.4, 0.5) is 0 Å². The van der Waals surface area contributed by atoms with Crippen LogP contribution in [-0.2, 0) is 4.79 Å². The zero-order valence-corrected chi connectivity index (χ0v) is 12.7. The van der Waals surface area contributed by atoms with E-state index in [1.54, 1.807) is 6.07 Å². The van der Waals surface area contributed by atoms with Gasteiger partial charge in [-0.3, -0.25) is 4.79 Å². The topological polar surface area (TPSA) is 51.2 Å². The number of halogens is 2. The summed E-state index contributed by atoms with van der Waals surface area (Å²) in [5.41, 5.74) is 1.38. The molecule has 0 aliphatic rings. The molecule has 1 aromatic carbocycles. The van der Waals surface area contributed by atoms with E-state index in [-0.39, 0.29) is 12.5 Å². The maximum Gasteiger partial charge on any atom is 0.257 e. The van der Waals surface area contributed by atoms with Crippen molar-refractivity contribution in [3.63, 3.8) is 0 Å². The van der Waals surface area contributed by atoms with Crippen molar-refractivity contribution in [3.8, 4) is 5.75 Å². The van der Waals surface area contributed by atoms with E-state index in [0.717, 1.165) is 11.1 Å². The molecule has 0 radical (unpaired) electrons. The molecule has 1 aromatic heterocycles. The molecule has 1 N–H and O–H groups in total. The molecule has 2 rings (SSSR count). The van der Waals surface area contributed by atoms with Gasteiger partial charge in [0.25, 0.3) is 5.91 Å². The van der Waals surface area contributed by atoms with Gasteiger partial charge < -0.3 is 10.1 Å². The average Bonchev–Trinajstić information content (AvgIpc) is 2.38. The van der Waals surface area contributed by atoms with Crippen molar-refractivity contribution in [2.75, 3.05) is 13.2 Å². The average molecular weight is 313 g/mol. The zero-order chi connectivity index (χ0) is 14.7. The maximum atomic E-state index is 11.5. The molecule has 106 valence electrons. The summed E-state index contributed by atoms with van der Waals surface area (Å²) in [6, 6.07) is 5.31. The van der Waals surface area contributed by atoms with Crippen molar-refractivity contribution >= 4 is 40.0 Å². The van der Waals surface area contributed by atoms with Crippen LogP contribution in [0, 0.1) is 6.92 Å². The second-order valence-electron chi connectivity index (χ2n) is 4.26. The Hall–Kier alpha value is -1.52. The summed E-state index contributed by atoms with van der Waals surface area (Å²) in [5.74, 6) is 0.167. The third-order valence-electron chi connectivity index (χ3n) is 2.70. The Kier molecular flexibility index (Phi) is 4.68. The lowest BCUT2D eigenvalue weighted by Gasteiger charge is -2.12. The number of hydrogen-bond acceptors (Lipinski definition) is 3. The second-order valence-corrected chi connectivity index (χ2v) is 5.07. The van der Waals surface area contributed by atoms with Gasteiger partial charge in [0.15, 0.2) is 12.4 Å². The van der Waals surface area contributed by atoms with E-state index >= 15 is 0 Å². The molecule has 0 saturated heterocycles. The number of aryl methyl sites for hydroxylation is 1. The summed E-state index contributed by atoms with van der Waals surface area (Å²) in [7, 11) is 0. The molecule has 0 bridgehead atoms. The van der Waals surface area contributed by atoms with Crippen molar-refractivity contribution in [3.05, 3.63) is 33.9 Å². The lowest BCUT2D eigenvalue weighted by molar-refractivity contribution is -0.122. The largest absolute Gasteiger partial charge is 0.480 e. The number of hydrogen-bond donors (Lipinski definition) is 1. The van der Waals surface area contributed by atoms with Crippen LogP contribution in [0.2, 0.25) is 10.0 Å². The van der Waals surface area contributed by atoms with Crippen molar-refractivity contribution in [1.29, 1.82) is 0 Å². The van der Waals surface area contributed by atoms with Gasteiger partial charge in [-0.25, -0.2) is 4.98 Å². The van der Waals surface area contributed by atoms with E-state index in [1.807, 2.05) is 26.0 Å². The lowest BCUT2D eigenvalue weighted by atomic mass is 10.2. The van der Waals surface area contributed by atoms with Gasteiger partial charge in [-0.15, -0.1) is 0 Å². The first-order chi connectivity index (χ1) is 9.52. The highest BCUT2D eigenvalue weighted by Gasteiger charge is 2.14. The number of benzene rings is 1. The quantitative estimate of drug-likeness (QED) is 0.941. The Balaban J connectivity index is 2.41. The van der Waals surface area contributed by atoms with E-state index < -0.39 is 0 Å². The fourth-order valence-corrected chi connectivity index (χ4v) is 2.38. The molecule has 0 unspecified atom stereocenters. The molecule has 2 aromatic rings. The van der Waals surface area contributed by atoms with Crippen LogP contribution >= 0.6 is 23.2 Å². The van der Waals surface area contributed by atoms with Gasteiger partial charge in [-0.2, -0.15) is 0 Å². The van der Waals surface area contributed by atoms with Gasteiger partial charge in [-0.1, -0.05) is 23.2 Å². The van der Waals surface area contributed by atoms with Crippen LogP contribution in [0.15, 0.2) is 18.2 Å². The summed E-state index contributed by atoms with van der Waals surface area (Å²) >= 11 is 12.3. The van der Waals surface area contributed by atoms with Gasteiger partial charge >= 0.3 is 0 Å². The molecular formula is C14H14Cl2N2O2. The molecule has 0 fully saturated rings. The monoisotopic (exact) mass is 312 g/mol. The predicted octanol–water partition coefficient (Wildman–Crippen LogP) is 3.36. The smallest absolute Gasteiger partial charge is 0.257 e. The minimum Gasteiger partial charge on any atom is -0.480 e. The number of nitrogens with zero attached hydrogens (tertiary/aromatic N) is 1. The highest BCUT2D eigenvalue weighted by molar-refractivity contribution is 6.39. The van der Waals surface area contributed by atoms with Gasteiger partial charge in [0.1, 0.15) is 5.52 Å². The normalized spacial score (nSPS) is 10.6. The van der Waals surface area contributed by atoms with Crippen molar-refractivity contribution in [2.24, 2.45) is 0 Å². The molecule has 1 amide bonds. The zero-order valence-electron chi connectivity index (χ0n) is 11.2. The summed E-state index contributed by atoms with van der Waals surface area (Å²) in [4.78, 5) is 15.9. The van der Waals surface area contributed by atoms with Gasteiger partial charge in [0, 0.05) is 17.6 Å². The highest BCUT2D eigenvalue weighted by Crippen LogP contribution is 2.37. The van der Waals surface area contributed by atoms with Gasteiger partial charge in [-0.05, 0) is 32.0 Å². The van der Waals surface area contributed by atoms with E-state index in [2.05, 4.69) is 10.3 Å². The summed E-state index contributed by atoms with van der Waals surface area (Å²) in [6.07, 6.45) is 0. The number of carbonyl (C=O) groups excluding carboxylic acids is 1. The number of amides is 1. The number of pyridine rings is 1. The number of aromatic nitrogens is 1. The SMILES string of the molecule is CCNC(=O)COc1c(Cl)cc(Cl)c2ccc(C)nc12. The summed E-state index contributed by atoms with van der Waals surface area (Å²) in [5, 5.41) is 4.24. The Morgan fingerprint density at radius 3 is 2.80 bits per heavy atom. The fraction of sp³-hybridized carbons (Fsp3) is 0.286. The Morgan fingerprint density at radius 2 is 2.10 bits per heavy atom. The van der Waals surface area contributed by atoms with Crippen LogP contribution < -0.4 is 10.1 Å². The van der Waals surface area contributed by atoms with Crippen molar-refractivity contribution < 1.29 is 9.53 Å². The fourth-order valence-electron chi connectivity index (χ4n) is 1.81. The molecule has 6 heteroatoms. The molecule has 1 heterocycles. The molecule has 4 nitrogen and oxygen atoms in total. The minimum atomic E-state index is -0.209. The van der Waals surface area contributed by atoms with E-state index in [9.17, 15) is 4.79 Å². The third-order valence-corrected chi connectivity index (χ3v) is 3.29. The number of carbonyl (C=O) groups is 1. The van der Waals surface area contributed by atoms with E-state index in [1.165, 1.54) is 0 Å². The number of likely N-dealkylation sites (N-methyl/N-ethyl adjacent to an activating group) is 1. The standard InChI is InChI=1S/C14H14Cl2N2O2/c1-3-17-12(19)7-20-14-11(16)6-10(15)9-5-4-8(2)18-13(9)14/h4-6H,3,7H2,1-2H3,(H,17,19). The lowest BCUT2D eigenvalue weighted by Crippen LogP contribution is -2.28. The summed E-state index contributed by atoms with van der Waals surface area (Å²) in [6.45, 7) is 4.14. The Morgan fingerprint density at radius 1 is 1.35 bits per heavy atom. The van der Waals surface area contributed by atoms with E-state index in [0.29, 0.717) is 27.9 Å². The molecule has 0 aliphatic heterocycles. The predicted molar refractivity (Wildman–Crippen MR) is 80.7 cm³/mol. The second kappa shape index (κ2) is 6.29. The number of fused-ring (bicyclic) bond motifs is 1. The molecule has 0 spiro atoms. The summed E-state index contributed by atoms with van der Waals surface area (Å²) < 4.78 is 5.51.